The molecule has 4 aliphatic rings. The highest BCUT2D eigenvalue weighted by atomic mass is 14.5. The highest BCUT2D eigenvalue weighted by Gasteiger charge is 2.48. The Morgan fingerprint density at radius 2 is 0.562 bits per heavy atom. The van der Waals surface area contributed by atoms with Crippen LogP contribution in [0.15, 0.2) is 158 Å². The van der Waals surface area contributed by atoms with Crippen molar-refractivity contribution in [3.63, 3.8) is 0 Å². The summed E-state index contributed by atoms with van der Waals surface area (Å²) in [7, 11) is 0. The number of benzene rings is 10. The third-order valence-corrected chi connectivity index (χ3v) is 17.0. The lowest BCUT2D eigenvalue weighted by Gasteiger charge is -2.36. The van der Waals surface area contributed by atoms with Crippen molar-refractivity contribution in [2.24, 2.45) is 0 Å². The van der Waals surface area contributed by atoms with Crippen molar-refractivity contribution in [3.8, 4) is 55.6 Å². The molecule has 0 aliphatic heterocycles. The van der Waals surface area contributed by atoms with Crippen LogP contribution in [0.1, 0.15) is 99.9 Å². The van der Waals surface area contributed by atoms with E-state index in [9.17, 15) is 0 Å². The lowest BCUT2D eigenvalue weighted by Crippen LogP contribution is -2.24. The van der Waals surface area contributed by atoms with Crippen LogP contribution in [0.2, 0.25) is 0 Å². The molecule has 0 heterocycles. The Bertz CT molecular complexity index is 3560. The standard InChI is InChI=1S/C64H50/c1-61(2)47-27-15-25-43-45(33-53-59(55(43)47)57-49(61)29-37(31-51(57)63(53,5)6)41-23-13-19-35-17-9-11-21-39(35)41)46-34-54-60-56-44(46)26-16-28-48(56)62(3,4)50-30-38(32-52(58(50)60)64(54,7)8)42-24-14-20-36-18-10-12-22-40(36)42/h9-34H,1-8H3. The number of hydrogen-bond donors (Lipinski definition) is 0. The zero-order valence-electron chi connectivity index (χ0n) is 38.0. The van der Waals surface area contributed by atoms with Crippen LogP contribution in [-0.2, 0) is 21.7 Å². The first-order valence-corrected chi connectivity index (χ1v) is 23.3. The van der Waals surface area contributed by atoms with E-state index in [4.69, 9.17) is 0 Å². The summed E-state index contributed by atoms with van der Waals surface area (Å²) < 4.78 is 0. The van der Waals surface area contributed by atoms with E-state index < -0.39 is 0 Å². The number of rotatable bonds is 3. The molecule has 0 atom stereocenters. The molecule has 0 heteroatoms. The second-order valence-electron chi connectivity index (χ2n) is 21.6. The fourth-order valence-electron chi connectivity index (χ4n) is 13.6. The van der Waals surface area contributed by atoms with Gasteiger partial charge in [-0.3, -0.25) is 0 Å². The summed E-state index contributed by atoms with van der Waals surface area (Å²) in [6.45, 7) is 19.8. The van der Waals surface area contributed by atoms with E-state index in [2.05, 4.69) is 213 Å². The fraction of sp³-hybridized carbons (Fsp3) is 0.188. The summed E-state index contributed by atoms with van der Waals surface area (Å²) >= 11 is 0. The third-order valence-electron chi connectivity index (χ3n) is 17.0. The summed E-state index contributed by atoms with van der Waals surface area (Å²) in [6, 6.07) is 61.1. The van der Waals surface area contributed by atoms with Crippen LogP contribution < -0.4 is 0 Å². The molecule has 0 spiro atoms. The highest BCUT2D eigenvalue weighted by molar-refractivity contribution is 6.19. The van der Waals surface area contributed by atoms with Gasteiger partial charge in [-0.2, -0.15) is 0 Å². The predicted molar refractivity (Wildman–Crippen MR) is 272 cm³/mol. The minimum atomic E-state index is -0.204. The lowest BCUT2D eigenvalue weighted by molar-refractivity contribution is 0.639. The van der Waals surface area contributed by atoms with E-state index in [1.807, 2.05) is 0 Å². The first kappa shape index (κ1) is 36.7. The molecule has 0 bridgehead atoms. The van der Waals surface area contributed by atoms with Crippen molar-refractivity contribution >= 4 is 43.1 Å². The van der Waals surface area contributed by atoms with Crippen molar-refractivity contribution < 1.29 is 0 Å². The average molecular weight is 819 g/mol. The van der Waals surface area contributed by atoms with E-state index in [0.29, 0.717) is 0 Å². The van der Waals surface area contributed by atoms with Crippen LogP contribution in [0, 0.1) is 0 Å². The van der Waals surface area contributed by atoms with Gasteiger partial charge in [0.25, 0.3) is 0 Å². The van der Waals surface area contributed by atoms with Gasteiger partial charge in [0, 0.05) is 21.7 Å². The lowest BCUT2D eigenvalue weighted by atomic mass is 9.66. The maximum absolute atomic E-state index is 2.63. The van der Waals surface area contributed by atoms with Gasteiger partial charge in [-0.25, -0.2) is 0 Å². The molecule has 0 amide bonds. The number of fused-ring (bicyclic) bond motifs is 2. The SMILES string of the molecule is CC1(C)c2cc(-c3cccc4ccccc34)cc3c2-c2c1cc(-c1cc4c5c6c(cccc16)C(C)(C)c1cc(-c6cccc7ccccc67)cc(c1-5)C4(C)C)c1cccc(c21)C3(C)C. The second kappa shape index (κ2) is 11.7. The van der Waals surface area contributed by atoms with E-state index in [-0.39, 0.29) is 21.7 Å². The molecule has 0 saturated heterocycles. The van der Waals surface area contributed by atoms with Crippen LogP contribution in [-0.4, -0.2) is 0 Å². The molecule has 0 nitrogen and oxygen atoms in total. The van der Waals surface area contributed by atoms with Gasteiger partial charge in [-0.05, 0) is 180 Å². The van der Waals surface area contributed by atoms with Crippen molar-refractivity contribution in [2.75, 3.05) is 0 Å². The van der Waals surface area contributed by atoms with Crippen LogP contribution >= 0.6 is 0 Å². The quantitative estimate of drug-likeness (QED) is 0.167. The smallest absolute Gasteiger partial charge is 0.0159 e. The molecule has 4 aliphatic carbocycles. The summed E-state index contributed by atoms with van der Waals surface area (Å²) in [5.74, 6) is 0. The Morgan fingerprint density at radius 1 is 0.250 bits per heavy atom. The van der Waals surface area contributed by atoms with Gasteiger partial charge in [0.1, 0.15) is 0 Å². The van der Waals surface area contributed by atoms with Gasteiger partial charge >= 0.3 is 0 Å². The van der Waals surface area contributed by atoms with Crippen LogP contribution in [0.25, 0.3) is 98.7 Å². The minimum absolute atomic E-state index is 0.201. The maximum atomic E-state index is 2.63. The Labute approximate surface area is 376 Å². The molecule has 0 fully saturated rings. The summed E-state index contributed by atoms with van der Waals surface area (Å²) in [5, 5.41) is 10.8. The van der Waals surface area contributed by atoms with Crippen LogP contribution in [0.5, 0.6) is 0 Å². The van der Waals surface area contributed by atoms with E-state index >= 15 is 0 Å². The maximum Gasteiger partial charge on any atom is 0.0159 e. The molecule has 0 radical (unpaired) electrons. The molecule has 0 saturated carbocycles. The first-order chi connectivity index (χ1) is 30.8. The molecule has 14 rings (SSSR count). The molecule has 0 N–H and O–H groups in total. The van der Waals surface area contributed by atoms with Gasteiger partial charge in [0.05, 0.1) is 0 Å². The van der Waals surface area contributed by atoms with Gasteiger partial charge in [0.15, 0.2) is 0 Å². The molecular formula is C64H50. The van der Waals surface area contributed by atoms with E-state index in [1.54, 1.807) is 0 Å². The van der Waals surface area contributed by atoms with Crippen molar-refractivity contribution in [2.45, 2.75) is 77.0 Å². The number of hydrogen-bond acceptors (Lipinski definition) is 0. The molecule has 10 aromatic carbocycles. The Morgan fingerprint density at radius 3 is 0.969 bits per heavy atom. The average Bonchev–Trinajstić information content (AvgIpc) is 3.67. The van der Waals surface area contributed by atoms with Gasteiger partial charge in [0.2, 0.25) is 0 Å². The normalized spacial score (nSPS) is 16.9. The minimum Gasteiger partial charge on any atom is -0.0616 e. The van der Waals surface area contributed by atoms with Crippen molar-refractivity contribution in [3.05, 3.63) is 202 Å². The largest absolute Gasteiger partial charge is 0.0616 e. The topological polar surface area (TPSA) is 0 Å². The van der Waals surface area contributed by atoms with Crippen molar-refractivity contribution in [1.29, 1.82) is 0 Å². The second-order valence-corrected chi connectivity index (χ2v) is 21.6. The fourth-order valence-corrected chi connectivity index (χ4v) is 13.6. The predicted octanol–water partition coefficient (Wildman–Crippen LogP) is 17.2. The van der Waals surface area contributed by atoms with Gasteiger partial charge in [-0.15, -0.1) is 0 Å². The molecule has 0 unspecified atom stereocenters. The van der Waals surface area contributed by atoms with E-state index in [1.165, 1.54) is 143 Å². The van der Waals surface area contributed by atoms with Crippen LogP contribution in [0.4, 0.5) is 0 Å². The summed E-state index contributed by atoms with van der Waals surface area (Å²) in [5.41, 5.74) is 24.6. The third kappa shape index (κ3) is 4.26. The molecular weight excluding hydrogens is 769 g/mol. The molecule has 10 aromatic rings. The Hall–Kier alpha value is -6.76. The van der Waals surface area contributed by atoms with Crippen molar-refractivity contribution in [1.82, 2.24) is 0 Å². The molecule has 306 valence electrons. The first-order valence-electron chi connectivity index (χ1n) is 23.3. The monoisotopic (exact) mass is 818 g/mol. The highest BCUT2D eigenvalue weighted by Crippen LogP contribution is 2.64. The van der Waals surface area contributed by atoms with E-state index in [0.717, 1.165) is 0 Å². The zero-order chi connectivity index (χ0) is 43.4. The summed E-state index contributed by atoms with van der Waals surface area (Å²) in [4.78, 5) is 0. The molecule has 64 heavy (non-hydrogen) atoms. The van der Waals surface area contributed by atoms with Crippen LogP contribution in [0.3, 0.4) is 0 Å². The Balaban J connectivity index is 1.05. The molecule has 0 aromatic heterocycles. The van der Waals surface area contributed by atoms with Gasteiger partial charge < -0.3 is 0 Å². The Kier molecular flexibility index (Phi) is 6.69. The van der Waals surface area contributed by atoms with Gasteiger partial charge in [-0.1, -0.05) is 177 Å². The zero-order valence-corrected chi connectivity index (χ0v) is 38.0. The summed E-state index contributed by atoms with van der Waals surface area (Å²) in [6.07, 6.45) is 0.